The first-order chi connectivity index (χ1) is 13.3. The average Bonchev–Trinajstić information content (AvgIpc) is 3.24. The van der Waals surface area contributed by atoms with Gasteiger partial charge in [0.25, 0.3) is 5.91 Å². The molecule has 0 bridgehead atoms. The molecule has 1 fully saturated rings. The lowest BCUT2D eigenvalue weighted by Gasteiger charge is -2.20. The Morgan fingerprint density at radius 2 is 1.74 bits per heavy atom. The zero-order chi connectivity index (χ0) is 18.5. The van der Waals surface area contributed by atoms with Crippen LogP contribution in [0.3, 0.4) is 0 Å². The molecule has 5 heteroatoms. The van der Waals surface area contributed by atoms with Crippen LogP contribution < -0.4 is 5.32 Å². The highest BCUT2D eigenvalue weighted by Crippen LogP contribution is 2.27. The quantitative estimate of drug-likeness (QED) is 0.734. The number of hydrogen-bond acceptors (Lipinski definition) is 3. The van der Waals surface area contributed by atoms with Gasteiger partial charge >= 0.3 is 0 Å². The van der Waals surface area contributed by atoms with E-state index in [1.165, 1.54) is 19.3 Å². The molecular formula is C22H24N4O. The molecule has 0 atom stereocenters. The molecule has 1 heterocycles. The van der Waals surface area contributed by atoms with Crippen molar-refractivity contribution in [3.8, 4) is 11.1 Å². The number of rotatable bonds is 5. The first-order valence-electron chi connectivity index (χ1n) is 9.64. The monoisotopic (exact) mass is 360 g/mol. The van der Waals surface area contributed by atoms with E-state index in [-0.39, 0.29) is 5.91 Å². The Balaban J connectivity index is 1.44. The molecule has 0 aliphatic heterocycles. The van der Waals surface area contributed by atoms with Gasteiger partial charge in [-0.3, -0.25) is 4.79 Å². The molecule has 3 aromatic rings. The minimum absolute atomic E-state index is 0.181. The summed E-state index contributed by atoms with van der Waals surface area (Å²) in [5, 5.41) is 11.3. The Kier molecular flexibility index (Phi) is 5.28. The van der Waals surface area contributed by atoms with Gasteiger partial charge in [-0.1, -0.05) is 79.1 Å². The second-order valence-electron chi connectivity index (χ2n) is 7.08. The van der Waals surface area contributed by atoms with E-state index in [1.807, 2.05) is 41.1 Å². The van der Waals surface area contributed by atoms with Crippen molar-refractivity contribution in [3.63, 3.8) is 0 Å². The fourth-order valence-electron chi connectivity index (χ4n) is 3.74. The first-order valence-corrected chi connectivity index (χ1v) is 9.64. The van der Waals surface area contributed by atoms with Gasteiger partial charge in [0.1, 0.15) is 0 Å². The SMILES string of the molecule is O=C(NCc1ccccc1-c1ccccc1)c1cn(C2CCCCC2)nn1. The third kappa shape index (κ3) is 4.08. The van der Waals surface area contributed by atoms with Crippen LogP contribution in [0.25, 0.3) is 11.1 Å². The Morgan fingerprint density at radius 1 is 1.00 bits per heavy atom. The zero-order valence-corrected chi connectivity index (χ0v) is 15.3. The van der Waals surface area contributed by atoms with Crippen LogP contribution in [0.4, 0.5) is 0 Å². The summed E-state index contributed by atoms with van der Waals surface area (Å²) in [6, 6.07) is 18.7. The molecule has 1 N–H and O–H groups in total. The zero-order valence-electron chi connectivity index (χ0n) is 15.3. The standard InChI is InChI=1S/C22H24N4O/c27-22(21-16-26(25-24-21)19-12-5-2-6-13-19)23-15-18-11-7-8-14-20(18)17-9-3-1-4-10-17/h1,3-4,7-11,14,16,19H,2,5-6,12-13,15H2,(H,23,27). The maximum absolute atomic E-state index is 12.5. The van der Waals surface area contributed by atoms with Crippen LogP contribution in [0.15, 0.2) is 60.8 Å². The van der Waals surface area contributed by atoms with Crippen molar-refractivity contribution in [2.24, 2.45) is 0 Å². The van der Waals surface area contributed by atoms with Crippen molar-refractivity contribution in [3.05, 3.63) is 72.1 Å². The maximum Gasteiger partial charge on any atom is 0.273 e. The van der Waals surface area contributed by atoms with Crippen molar-refractivity contribution in [2.45, 2.75) is 44.7 Å². The molecule has 27 heavy (non-hydrogen) atoms. The fraction of sp³-hybridized carbons (Fsp3) is 0.318. The van der Waals surface area contributed by atoms with E-state index in [0.717, 1.165) is 29.5 Å². The summed E-state index contributed by atoms with van der Waals surface area (Å²) in [6.45, 7) is 0.459. The average molecular weight is 360 g/mol. The van der Waals surface area contributed by atoms with Crippen molar-refractivity contribution in [1.82, 2.24) is 20.3 Å². The van der Waals surface area contributed by atoms with Gasteiger partial charge in [0.05, 0.1) is 12.2 Å². The number of hydrogen-bond donors (Lipinski definition) is 1. The maximum atomic E-state index is 12.5. The number of carbonyl (C=O) groups is 1. The first kappa shape index (κ1) is 17.5. The van der Waals surface area contributed by atoms with Gasteiger partial charge in [-0.05, 0) is 29.5 Å². The molecular weight excluding hydrogens is 336 g/mol. The molecule has 0 radical (unpaired) electrons. The molecule has 2 aromatic carbocycles. The van der Waals surface area contributed by atoms with Crippen LogP contribution in [0.5, 0.6) is 0 Å². The highest BCUT2D eigenvalue weighted by molar-refractivity contribution is 5.91. The van der Waals surface area contributed by atoms with E-state index in [4.69, 9.17) is 0 Å². The van der Waals surface area contributed by atoms with Crippen LogP contribution in [0.2, 0.25) is 0 Å². The lowest BCUT2D eigenvalue weighted by atomic mass is 9.96. The van der Waals surface area contributed by atoms with Gasteiger partial charge in [-0.25, -0.2) is 4.68 Å². The van der Waals surface area contributed by atoms with E-state index < -0.39 is 0 Å². The second kappa shape index (κ2) is 8.16. The predicted molar refractivity (Wildman–Crippen MR) is 105 cm³/mol. The van der Waals surface area contributed by atoms with Crippen LogP contribution in [0.1, 0.15) is 54.2 Å². The highest BCUT2D eigenvalue weighted by Gasteiger charge is 2.19. The van der Waals surface area contributed by atoms with Gasteiger partial charge in [-0.2, -0.15) is 0 Å². The van der Waals surface area contributed by atoms with Crippen LogP contribution >= 0.6 is 0 Å². The largest absolute Gasteiger partial charge is 0.346 e. The fourth-order valence-corrected chi connectivity index (χ4v) is 3.74. The normalized spacial score (nSPS) is 14.8. The van der Waals surface area contributed by atoms with Crippen molar-refractivity contribution < 1.29 is 4.79 Å². The third-order valence-corrected chi connectivity index (χ3v) is 5.23. The summed E-state index contributed by atoms with van der Waals surface area (Å²) >= 11 is 0. The van der Waals surface area contributed by atoms with Gasteiger partial charge < -0.3 is 5.32 Å². The van der Waals surface area contributed by atoms with Crippen molar-refractivity contribution in [2.75, 3.05) is 0 Å². The summed E-state index contributed by atoms with van der Waals surface area (Å²) in [4.78, 5) is 12.5. The molecule has 1 aliphatic rings. The molecule has 0 saturated heterocycles. The summed E-state index contributed by atoms with van der Waals surface area (Å²) < 4.78 is 1.87. The minimum Gasteiger partial charge on any atom is -0.346 e. The number of nitrogens with one attached hydrogen (secondary N) is 1. The summed E-state index contributed by atoms with van der Waals surface area (Å²) in [5.74, 6) is -0.181. The molecule has 5 nitrogen and oxygen atoms in total. The number of amides is 1. The molecule has 0 unspecified atom stereocenters. The van der Waals surface area contributed by atoms with Gasteiger partial charge in [0.15, 0.2) is 5.69 Å². The number of benzene rings is 2. The molecule has 1 aromatic heterocycles. The summed E-state index contributed by atoms with van der Waals surface area (Å²) in [6.07, 6.45) is 7.77. The lowest BCUT2D eigenvalue weighted by Crippen LogP contribution is -2.23. The van der Waals surface area contributed by atoms with E-state index in [9.17, 15) is 4.79 Å². The topological polar surface area (TPSA) is 59.8 Å². The Hall–Kier alpha value is -2.95. The number of nitrogens with zero attached hydrogens (tertiary/aromatic N) is 3. The van der Waals surface area contributed by atoms with Crippen molar-refractivity contribution >= 4 is 5.91 Å². The summed E-state index contributed by atoms with van der Waals surface area (Å²) in [5.41, 5.74) is 3.74. The van der Waals surface area contributed by atoms with Crippen LogP contribution in [-0.2, 0) is 6.54 Å². The third-order valence-electron chi connectivity index (χ3n) is 5.23. The molecule has 0 spiro atoms. The smallest absolute Gasteiger partial charge is 0.273 e. The lowest BCUT2D eigenvalue weighted by molar-refractivity contribution is 0.0946. The van der Waals surface area contributed by atoms with Gasteiger partial charge in [0.2, 0.25) is 0 Å². The highest BCUT2D eigenvalue weighted by atomic mass is 16.2. The molecule has 1 saturated carbocycles. The van der Waals surface area contributed by atoms with E-state index >= 15 is 0 Å². The number of aromatic nitrogens is 3. The molecule has 1 amide bonds. The van der Waals surface area contributed by atoms with E-state index in [0.29, 0.717) is 18.3 Å². The van der Waals surface area contributed by atoms with Crippen molar-refractivity contribution in [1.29, 1.82) is 0 Å². The Labute approximate surface area is 159 Å². The Morgan fingerprint density at radius 3 is 2.56 bits per heavy atom. The van der Waals surface area contributed by atoms with E-state index in [2.05, 4.69) is 33.8 Å². The van der Waals surface area contributed by atoms with Gasteiger partial charge in [-0.15, -0.1) is 5.10 Å². The minimum atomic E-state index is -0.181. The second-order valence-corrected chi connectivity index (χ2v) is 7.08. The van der Waals surface area contributed by atoms with Gasteiger partial charge in [0, 0.05) is 6.54 Å². The molecule has 4 rings (SSSR count). The predicted octanol–water partition coefficient (Wildman–Crippen LogP) is 4.38. The summed E-state index contributed by atoms with van der Waals surface area (Å²) in [7, 11) is 0. The van der Waals surface area contributed by atoms with Crippen LogP contribution in [-0.4, -0.2) is 20.9 Å². The molecule has 138 valence electrons. The van der Waals surface area contributed by atoms with E-state index in [1.54, 1.807) is 6.20 Å². The number of carbonyl (C=O) groups excluding carboxylic acids is 1. The Bertz CT molecular complexity index is 897. The molecule has 1 aliphatic carbocycles. The van der Waals surface area contributed by atoms with Crippen LogP contribution in [0, 0.1) is 0 Å².